The fourth-order valence-corrected chi connectivity index (χ4v) is 0.925. The molecule has 0 aromatic rings. The number of rotatable bonds is 7. The second kappa shape index (κ2) is 11.9. The van der Waals surface area contributed by atoms with Crippen molar-refractivity contribution in [1.82, 2.24) is 0 Å². The van der Waals surface area contributed by atoms with Crippen molar-refractivity contribution >= 4 is 10.4 Å². The van der Waals surface area contributed by atoms with Crippen LogP contribution >= 0.6 is 0 Å². The van der Waals surface area contributed by atoms with Gasteiger partial charge in [-0.15, -0.1) is 0 Å². The molecule has 0 saturated heterocycles. The zero-order valence-corrected chi connectivity index (χ0v) is 10.4. The van der Waals surface area contributed by atoms with Crippen molar-refractivity contribution < 1.29 is 17.2 Å². The van der Waals surface area contributed by atoms with Gasteiger partial charge in [0.1, 0.15) is 0 Å². The Morgan fingerprint density at radius 2 is 1.53 bits per heavy atom. The lowest BCUT2D eigenvalue weighted by atomic mass is 10.1. The number of hydrogen-bond acceptors (Lipinski definition) is 4. The lowest BCUT2D eigenvalue weighted by Crippen LogP contribution is -1.97. The molecular formula is C9H23NO4S. The van der Waals surface area contributed by atoms with Crippen LogP contribution in [0.3, 0.4) is 0 Å². The Bertz CT molecular complexity index is 198. The van der Waals surface area contributed by atoms with E-state index in [0.29, 0.717) is 0 Å². The third-order valence-electron chi connectivity index (χ3n) is 1.77. The lowest BCUT2D eigenvalue weighted by molar-refractivity contribution is 0.324. The molecule has 0 aromatic heterocycles. The summed E-state index contributed by atoms with van der Waals surface area (Å²) in [5.41, 5.74) is 5.34. The van der Waals surface area contributed by atoms with E-state index >= 15 is 0 Å². The summed E-state index contributed by atoms with van der Waals surface area (Å²) < 4.78 is 29.7. The first-order valence-electron chi connectivity index (χ1n) is 5.21. The van der Waals surface area contributed by atoms with E-state index in [4.69, 9.17) is 10.3 Å². The third-order valence-corrected chi connectivity index (χ3v) is 2.19. The zero-order valence-electron chi connectivity index (χ0n) is 9.61. The van der Waals surface area contributed by atoms with Crippen LogP contribution < -0.4 is 5.73 Å². The smallest absolute Gasteiger partial charge is 0.330 e. The maximum absolute atomic E-state index is 9.33. The average Bonchev–Trinajstić information content (AvgIpc) is 2.18. The minimum atomic E-state index is -4.16. The molecule has 0 amide bonds. The van der Waals surface area contributed by atoms with Gasteiger partial charge in [0.15, 0.2) is 0 Å². The molecule has 0 radical (unpaired) electrons. The molecule has 0 fully saturated rings. The molecule has 0 aliphatic heterocycles. The van der Waals surface area contributed by atoms with Gasteiger partial charge < -0.3 is 5.73 Å². The summed E-state index contributed by atoms with van der Waals surface area (Å²) in [6.45, 7) is 3.11. The molecule has 0 bridgehead atoms. The molecule has 94 valence electrons. The Hall–Kier alpha value is -0.170. The van der Waals surface area contributed by atoms with Crippen LogP contribution in [0.1, 0.15) is 45.4 Å². The second-order valence-electron chi connectivity index (χ2n) is 3.15. The van der Waals surface area contributed by atoms with Gasteiger partial charge in [-0.05, 0) is 13.0 Å². The highest BCUT2D eigenvalue weighted by atomic mass is 32.3. The van der Waals surface area contributed by atoms with Gasteiger partial charge in [-0.25, -0.2) is 0 Å². The van der Waals surface area contributed by atoms with E-state index in [1.807, 2.05) is 0 Å². The third kappa shape index (κ3) is 24.8. The topological polar surface area (TPSA) is 89.6 Å². The first-order valence-corrected chi connectivity index (χ1v) is 6.57. The summed E-state index contributed by atoms with van der Waals surface area (Å²) in [4.78, 5) is 0. The summed E-state index contributed by atoms with van der Waals surface area (Å²) in [6, 6.07) is 0. The quantitative estimate of drug-likeness (QED) is 0.523. The lowest BCUT2D eigenvalue weighted by Gasteiger charge is -1.96. The van der Waals surface area contributed by atoms with E-state index in [0.717, 1.165) is 13.7 Å². The summed E-state index contributed by atoms with van der Waals surface area (Å²) in [7, 11) is -3.29. The first kappa shape index (κ1) is 17.2. The van der Waals surface area contributed by atoms with E-state index < -0.39 is 10.4 Å². The van der Waals surface area contributed by atoms with Gasteiger partial charge in [0.25, 0.3) is 0 Å². The highest BCUT2D eigenvalue weighted by Gasteiger charge is 1.94. The van der Waals surface area contributed by atoms with Crippen molar-refractivity contribution in [3.63, 3.8) is 0 Å². The summed E-state index contributed by atoms with van der Waals surface area (Å²) >= 11 is 0. The number of hydrogen-bond donors (Lipinski definition) is 2. The van der Waals surface area contributed by atoms with Gasteiger partial charge in [0, 0.05) is 0 Å². The van der Waals surface area contributed by atoms with E-state index in [9.17, 15) is 8.42 Å². The zero-order chi connectivity index (χ0) is 12.2. The Morgan fingerprint density at radius 1 is 1.13 bits per heavy atom. The van der Waals surface area contributed by atoms with Gasteiger partial charge in [0.05, 0.1) is 7.11 Å². The fraction of sp³-hybridized carbons (Fsp3) is 1.00. The van der Waals surface area contributed by atoms with Crippen molar-refractivity contribution in [2.24, 2.45) is 5.73 Å². The van der Waals surface area contributed by atoms with Gasteiger partial charge in [0.2, 0.25) is 0 Å². The Balaban J connectivity index is 0. The maximum atomic E-state index is 9.33. The normalized spacial score (nSPS) is 10.7. The van der Waals surface area contributed by atoms with Crippen LogP contribution in [0.5, 0.6) is 0 Å². The molecule has 0 rings (SSSR count). The predicted octanol–water partition coefficient (Wildman–Crippen LogP) is 1.74. The summed E-state index contributed by atoms with van der Waals surface area (Å²) in [5, 5.41) is 0. The van der Waals surface area contributed by atoms with E-state index in [1.165, 1.54) is 38.5 Å². The standard InChI is InChI=1S/C8H19N.CH4O4S/c1-2-3-4-5-6-7-8-9;1-5-6(2,3)4/h2-9H2,1H3;1H3,(H,2,3,4). The molecule has 0 aromatic carbocycles. The molecule has 15 heavy (non-hydrogen) atoms. The molecule has 3 N–H and O–H groups in total. The molecule has 0 unspecified atom stereocenters. The minimum Gasteiger partial charge on any atom is -0.330 e. The van der Waals surface area contributed by atoms with Crippen LogP contribution in [0.4, 0.5) is 0 Å². The van der Waals surface area contributed by atoms with Crippen LogP contribution in [0.25, 0.3) is 0 Å². The van der Waals surface area contributed by atoms with Crippen molar-refractivity contribution in [2.75, 3.05) is 13.7 Å². The Kier molecular flexibility index (Phi) is 13.7. The van der Waals surface area contributed by atoms with Crippen LogP contribution in [0.15, 0.2) is 0 Å². The summed E-state index contributed by atoms with van der Waals surface area (Å²) in [6.07, 6.45) is 8.05. The van der Waals surface area contributed by atoms with E-state index in [2.05, 4.69) is 11.1 Å². The Labute approximate surface area is 93.0 Å². The van der Waals surface area contributed by atoms with Crippen LogP contribution in [0.2, 0.25) is 0 Å². The van der Waals surface area contributed by atoms with Crippen molar-refractivity contribution in [1.29, 1.82) is 0 Å². The second-order valence-corrected chi connectivity index (χ2v) is 4.34. The number of nitrogens with two attached hydrogens (primary N) is 1. The summed E-state index contributed by atoms with van der Waals surface area (Å²) in [5.74, 6) is 0. The maximum Gasteiger partial charge on any atom is 0.397 e. The van der Waals surface area contributed by atoms with Gasteiger partial charge in [-0.3, -0.25) is 8.74 Å². The largest absolute Gasteiger partial charge is 0.397 e. The van der Waals surface area contributed by atoms with Crippen molar-refractivity contribution in [3.05, 3.63) is 0 Å². The molecule has 6 heteroatoms. The van der Waals surface area contributed by atoms with E-state index in [1.54, 1.807) is 0 Å². The van der Waals surface area contributed by atoms with Crippen molar-refractivity contribution in [2.45, 2.75) is 45.4 Å². The molecular weight excluding hydrogens is 218 g/mol. The highest BCUT2D eigenvalue weighted by molar-refractivity contribution is 7.80. The van der Waals surface area contributed by atoms with Gasteiger partial charge >= 0.3 is 10.4 Å². The minimum absolute atomic E-state index is 0.867. The van der Waals surface area contributed by atoms with E-state index in [-0.39, 0.29) is 0 Å². The predicted molar refractivity (Wildman–Crippen MR) is 61.0 cm³/mol. The van der Waals surface area contributed by atoms with Crippen LogP contribution in [-0.4, -0.2) is 26.6 Å². The molecule has 0 aliphatic carbocycles. The first-order chi connectivity index (χ1) is 6.97. The molecule has 0 spiro atoms. The Morgan fingerprint density at radius 3 is 1.87 bits per heavy atom. The fourth-order valence-electron chi connectivity index (χ4n) is 0.925. The molecule has 0 atom stereocenters. The molecule has 5 nitrogen and oxygen atoms in total. The van der Waals surface area contributed by atoms with Crippen LogP contribution in [0, 0.1) is 0 Å². The average molecular weight is 241 g/mol. The SMILES string of the molecule is CCCCCCCCN.COS(=O)(=O)O. The van der Waals surface area contributed by atoms with Gasteiger partial charge in [-0.2, -0.15) is 8.42 Å². The highest BCUT2D eigenvalue weighted by Crippen LogP contribution is 2.03. The number of unbranched alkanes of at least 4 members (excludes halogenated alkanes) is 5. The van der Waals surface area contributed by atoms with Crippen molar-refractivity contribution in [3.8, 4) is 0 Å². The molecule has 0 aliphatic rings. The monoisotopic (exact) mass is 241 g/mol. The molecule has 0 saturated carbocycles. The van der Waals surface area contributed by atoms with Crippen LogP contribution in [-0.2, 0) is 14.6 Å². The van der Waals surface area contributed by atoms with Gasteiger partial charge in [-0.1, -0.05) is 39.0 Å². The molecule has 0 heterocycles.